The molecular formula is C14H14Cl2N2O2. The van der Waals surface area contributed by atoms with Crippen molar-refractivity contribution < 1.29 is 9.63 Å². The molecule has 0 radical (unpaired) electrons. The topological polar surface area (TPSA) is 41.9 Å². The van der Waals surface area contributed by atoms with Crippen LogP contribution in [0, 0.1) is 0 Å². The molecule has 106 valence electrons. The number of oxime groups is 1. The minimum absolute atomic E-state index is 0.0775. The zero-order valence-corrected chi connectivity index (χ0v) is 12.3. The minimum atomic E-state index is -0.199. The number of likely N-dealkylation sites (tertiary alicyclic amines) is 1. The Labute approximate surface area is 127 Å². The third kappa shape index (κ3) is 2.38. The van der Waals surface area contributed by atoms with E-state index in [0.717, 1.165) is 19.3 Å². The monoisotopic (exact) mass is 312 g/mol. The molecule has 1 spiro atoms. The Kier molecular flexibility index (Phi) is 3.61. The van der Waals surface area contributed by atoms with Crippen LogP contribution in [-0.2, 0) is 4.84 Å². The number of hydrogen-bond donors (Lipinski definition) is 0. The number of nitrogens with zero attached hydrogens (tertiary/aromatic N) is 2. The molecule has 1 amide bonds. The molecule has 0 N–H and O–H groups in total. The third-order valence-corrected chi connectivity index (χ3v) is 4.75. The fourth-order valence-electron chi connectivity index (χ4n) is 2.64. The van der Waals surface area contributed by atoms with Crippen LogP contribution in [0.25, 0.3) is 0 Å². The summed E-state index contributed by atoms with van der Waals surface area (Å²) in [6.07, 6.45) is 4.20. The summed E-state index contributed by atoms with van der Waals surface area (Å²) in [5.74, 6) is -0.0775. The first kappa shape index (κ1) is 13.7. The number of carbonyl (C=O) groups is 1. The van der Waals surface area contributed by atoms with Gasteiger partial charge in [-0.15, -0.1) is 0 Å². The molecule has 6 heteroatoms. The largest absolute Gasteiger partial charge is 0.389 e. The molecule has 0 aliphatic carbocycles. The number of amides is 1. The summed E-state index contributed by atoms with van der Waals surface area (Å²) in [6, 6.07) is 5.12. The number of benzene rings is 1. The Morgan fingerprint density at radius 2 is 2.05 bits per heavy atom. The minimum Gasteiger partial charge on any atom is -0.389 e. The van der Waals surface area contributed by atoms with Crippen LogP contribution in [0.4, 0.5) is 0 Å². The van der Waals surface area contributed by atoms with Gasteiger partial charge in [-0.05, 0) is 12.1 Å². The van der Waals surface area contributed by atoms with E-state index in [1.807, 2.05) is 0 Å². The lowest BCUT2D eigenvalue weighted by Gasteiger charge is -2.37. The van der Waals surface area contributed by atoms with Gasteiger partial charge in [-0.25, -0.2) is 0 Å². The molecule has 0 unspecified atom stereocenters. The van der Waals surface area contributed by atoms with E-state index >= 15 is 0 Å². The van der Waals surface area contributed by atoms with Gasteiger partial charge < -0.3 is 9.74 Å². The first-order valence-corrected chi connectivity index (χ1v) is 7.30. The zero-order chi connectivity index (χ0) is 14.2. The van der Waals surface area contributed by atoms with E-state index in [1.165, 1.54) is 0 Å². The third-order valence-electron chi connectivity index (χ3n) is 3.93. The average molecular weight is 313 g/mol. The smallest absolute Gasteiger partial charge is 0.255 e. The standard InChI is InChI=1S/C14H14Cl2N2O2/c15-11-3-1-2-10(12(11)16)13(19)18-8-5-14(6-9-18)4-7-17-20-14/h1-3,7H,4-6,8-9H2. The molecule has 1 aromatic rings. The lowest BCUT2D eigenvalue weighted by Crippen LogP contribution is -2.46. The van der Waals surface area contributed by atoms with E-state index in [4.69, 9.17) is 28.0 Å². The molecule has 1 aromatic carbocycles. The molecule has 1 saturated heterocycles. The molecule has 20 heavy (non-hydrogen) atoms. The highest BCUT2D eigenvalue weighted by molar-refractivity contribution is 6.43. The first-order valence-electron chi connectivity index (χ1n) is 6.55. The quantitative estimate of drug-likeness (QED) is 0.797. The molecule has 3 rings (SSSR count). The molecule has 2 aliphatic rings. The van der Waals surface area contributed by atoms with Gasteiger partial charge in [0.2, 0.25) is 0 Å². The second kappa shape index (κ2) is 5.26. The predicted octanol–water partition coefficient (Wildman–Crippen LogP) is 3.37. The van der Waals surface area contributed by atoms with E-state index in [1.54, 1.807) is 29.3 Å². The van der Waals surface area contributed by atoms with Gasteiger partial charge >= 0.3 is 0 Å². The maximum Gasteiger partial charge on any atom is 0.255 e. The van der Waals surface area contributed by atoms with Crippen LogP contribution in [0.2, 0.25) is 10.0 Å². The van der Waals surface area contributed by atoms with Gasteiger partial charge in [-0.1, -0.05) is 34.4 Å². The van der Waals surface area contributed by atoms with Crippen molar-refractivity contribution >= 4 is 35.3 Å². The van der Waals surface area contributed by atoms with Crippen molar-refractivity contribution in [1.82, 2.24) is 4.90 Å². The summed E-state index contributed by atoms with van der Waals surface area (Å²) < 4.78 is 0. The van der Waals surface area contributed by atoms with Crippen LogP contribution in [0.15, 0.2) is 23.4 Å². The molecule has 2 heterocycles. The molecular weight excluding hydrogens is 299 g/mol. The number of halogens is 2. The van der Waals surface area contributed by atoms with Gasteiger partial charge in [-0.2, -0.15) is 0 Å². The number of carbonyl (C=O) groups excluding carboxylic acids is 1. The highest BCUT2D eigenvalue weighted by atomic mass is 35.5. The lowest BCUT2D eigenvalue weighted by molar-refractivity contribution is -0.0568. The van der Waals surface area contributed by atoms with Gasteiger partial charge in [0.25, 0.3) is 5.91 Å². The summed E-state index contributed by atoms with van der Waals surface area (Å²) in [5, 5.41) is 4.57. The van der Waals surface area contributed by atoms with Gasteiger partial charge in [0.05, 0.1) is 15.6 Å². The number of rotatable bonds is 1. The Hall–Kier alpha value is -1.26. The fourth-order valence-corrected chi connectivity index (χ4v) is 3.02. The number of hydrogen-bond acceptors (Lipinski definition) is 3. The normalized spacial score (nSPS) is 20.2. The van der Waals surface area contributed by atoms with E-state index in [0.29, 0.717) is 28.7 Å². The maximum atomic E-state index is 12.5. The molecule has 0 aromatic heterocycles. The molecule has 0 saturated carbocycles. The second-order valence-corrected chi connectivity index (χ2v) is 5.95. The Bertz CT molecular complexity index is 556. The predicted molar refractivity (Wildman–Crippen MR) is 78.5 cm³/mol. The maximum absolute atomic E-state index is 12.5. The average Bonchev–Trinajstić information content (AvgIpc) is 2.90. The van der Waals surface area contributed by atoms with Gasteiger partial charge in [0.15, 0.2) is 0 Å². The second-order valence-electron chi connectivity index (χ2n) is 5.16. The van der Waals surface area contributed by atoms with Gasteiger partial charge in [0, 0.05) is 38.6 Å². The zero-order valence-electron chi connectivity index (χ0n) is 10.8. The molecule has 0 bridgehead atoms. The van der Waals surface area contributed by atoms with Crippen molar-refractivity contribution in [2.45, 2.75) is 24.9 Å². The van der Waals surface area contributed by atoms with Crippen molar-refractivity contribution in [3.8, 4) is 0 Å². The highest BCUT2D eigenvalue weighted by Gasteiger charge is 2.40. The van der Waals surface area contributed by atoms with Crippen molar-refractivity contribution in [3.63, 3.8) is 0 Å². The van der Waals surface area contributed by atoms with Gasteiger partial charge in [0.1, 0.15) is 5.60 Å². The first-order chi connectivity index (χ1) is 9.61. The van der Waals surface area contributed by atoms with Crippen LogP contribution in [-0.4, -0.2) is 35.7 Å². The van der Waals surface area contributed by atoms with Crippen molar-refractivity contribution in [1.29, 1.82) is 0 Å². The van der Waals surface area contributed by atoms with E-state index in [2.05, 4.69) is 5.16 Å². The van der Waals surface area contributed by atoms with E-state index in [9.17, 15) is 4.79 Å². The summed E-state index contributed by atoms with van der Waals surface area (Å²) in [7, 11) is 0. The summed E-state index contributed by atoms with van der Waals surface area (Å²) >= 11 is 12.1. The van der Waals surface area contributed by atoms with Crippen molar-refractivity contribution in [2.24, 2.45) is 5.16 Å². The molecule has 4 nitrogen and oxygen atoms in total. The summed E-state index contributed by atoms with van der Waals surface area (Å²) in [6.45, 7) is 1.29. The molecule has 1 fully saturated rings. The van der Waals surface area contributed by atoms with E-state index < -0.39 is 0 Å². The van der Waals surface area contributed by atoms with E-state index in [-0.39, 0.29) is 11.5 Å². The Balaban J connectivity index is 1.71. The molecule has 2 aliphatic heterocycles. The van der Waals surface area contributed by atoms with Crippen LogP contribution < -0.4 is 0 Å². The lowest BCUT2D eigenvalue weighted by atomic mass is 9.89. The van der Waals surface area contributed by atoms with Gasteiger partial charge in [-0.3, -0.25) is 4.79 Å². The van der Waals surface area contributed by atoms with Crippen LogP contribution in [0.1, 0.15) is 29.6 Å². The number of piperidine rings is 1. The SMILES string of the molecule is O=C(c1cccc(Cl)c1Cl)N1CCC2(CC=NO2)CC1. The summed E-state index contributed by atoms with van der Waals surface area (Å²) in [5.41, 5.74) is 0.258. The fraction of sp³-hybridized carbons (Fsp3) is 0.429. The summed E-state index contributed by atoms with van der Waals surface area (Å²) in [4.78, 5) is 19.7. The van der Waals surface area contributed by atoms with Crippen LogP contribution >= 0.6 is 23.2 Å². The Morgan fingerprint density at radius 3 is 2.70 bits per heavy atom. The molecule has 0 atom stereocenters. The van der Waals surface area contributed by atoms with Crippen LogP contribution in [0.5, 0.6) is 0 Å². The van der Waals surface area contributed by atoms with Crippen molar-refractivity contribution in [3.05, 3.63) is 33.8 Å². The van der Waals surface area contributed by atoms with Crippen molar-refractivity contribution in [2.75, 3.05) is 13.1 Å². The highest BCUT2D eigenvalue weighted by Crippen LogP contribution is 2.34. The Morgan fingerprint density at radius 1 is 1.30 bits per heavy atom. The van der Waals surface area contributed by atoms with Crippen LogP contribution in [0.3, 0.4) is 0 Å².